The van der Waals surface area contributed by atoms with Gasteiger partial charge in [0.15, 0.2) is 0 Å². The molecule has 92 valence electrons. The van der Waals surface area contributed by atoms with Crippen LogP contribution in [-0.4, -0.2) is 29.1 Å². The molecular formula is C13H24N2O. The number of carbonyl (C=O) groups is 1. The van der Waals surface area contributed by atoms with Gasteiger partial charge in [-0.05, 0) is 31.6 Å². The van der Waals surface area contributed by atoms with Crippen molar-refractivity contribution < 1.29 is 4.79 Å². The first kappa shape index (κ1) is 11.9. The third-order valence-electron chi connectivity index (χ3n) is 3.89. The van der Waals surface area contributed by atoms with Crippen molar-refractivity contribution in [2.45, 2.75) is 65.2 Å². The van der Waals surface area contributed by atoms with Crippen LogP contribution in [0.15, 0.2) is 0 Å². The SMILES string of the molecule is CCC1CC1N1C(=O)C(CC(C)C)NC1C. The molecule has 1 aliphatic heterocycles. The van der Waals surface area contributed by atoms with Crippen LogP contribution in [-0.2, 0) is 4.79 Å². The van der Waals surface area contributed by atoms with E-state index in [2.05, 4.69) is 37.9 Å². The summed E-state index contributed by atoms with van der Waals surface area (Å²) in [5, 5.41) is 3.43. The second kappa shape index (κ2) is 4.36. The average molecular weight is 224 g/mol. The Balaban J connectivity index is 1.97. The van der Waals surface area contributed by atoms with Gasteiger partial charge in [-0.1, -0.05) is 27.2 Å². The van der Waals surface area contributed by atoms with E-state index in [0.29, 0.717) is 17.9 Å². The molecule has 0 spiro atoms. The quantitative estimate of drug-likeness (QED) is 0.792. The Morgan fingerprint density at radius 3 is 2.69 bits per heavy atom. The number of rotatable bonds is 4. The van der Waals surface area contributed by atoms with Crippen molar-refractivity contribution in [2.75, 3.05) is 0 Å². The highest BCUT2D eigenvalue weighted by Crippen LogP contribution is 2.40. The van der Waals surface area contributed by atoms with Gasteiger partial charge < -0.3 is 4.90 Å². The minimum Gasteiger partial charge on any atom is -0.323 e. The third kappa shape index (κ3) is 2.10. The van der Waals surface area contributed by atoms with Gasteiger partial charge >= 0.3 is 0 Å². The number of nitrogens with zero attached hydrogens (tertiary/aromatic N) is 1. The number of hydrogen-bond donors (Lipinski definition) is 1. The van der Waals surface area contributed by atoms with Crippen molar-refractivity contribution >= 4 is 5.91 Å². The summed E-state index contributed by atoms with van der Waals surface area (Å²) in [7, 11) is 0. The summed E-state index contributed by atoms with van der Waals surface area (Å²) < 4.78 is 0. The number of carbonyl (C=O) groups excluding carboxylic acids is 1. The maximum Gasteiger partial charge on any atom is 0.241 e. The van der Waals surface area contributed by atoms with Crippen LogP contribution in [0.2, 0.25) is 0 Å². The van der Waals surface area contributed by atoms with Crippen molar-refractivity contribution in [3.05, 3.63) is 0 Å². The van der Waals surface area contributed by atoms with Gasteiger partial charge in [-0.3, -0.25) is 10.1 Å². The lowest BCUT2D eigenvalue weighted by atomic mass is 10.0. The highest BCUT2D eigenvalue weighted by molar-refractivity contribution is 5.85. The fraction of sp³-hybridized carbons (Fsp3) is 0.923. The summed E-state index contributed by atoms with van der Waals surface area (Å²) in [6.07, 6.45) is 3.61. The molecule has 4 atom stereocenters. The molecule has 0 bridgehead atoms. The van der Waals surface area contributed by atoms with Gasteiger partial charge in [0.05, 0.1) is 12.2 Å². The monoisotopic (exact) mass is 224 g/mol. The molecular weight excluding hydrogens is 200 g/mol. The van der Waals surface area contributed by atoms with Gasteiger partial charge in [-0.2, -0.15) is 0 Å². The fourth-order valence-electron chi connectivity index (χ4n) is 2.92. The van der Waals surface area contributed by atoms with Crippen molar-refractivity contribution in [1.82, 2.24) is 10.2 Å². The van der Waals surface area contributed by atoms with Gasteiger partial charge in [-0.15, -0.1) is 0 Å². The summed E-state index contributed by atoms with van der Waals surface area (Å²) >= 11 is 0. The first-order valence-electron chi connectivity index (χ1n) is 6.62. The Morgan fingerprint density at radius 1 is 1.50 bits per heavy atom. The normalized spacial score (nSPS) is 38.6. The van der Waals surface area contributed by atoms with Crippen molar-refractivity contribution in [3.8, 4) is 0 Å². The molecule has 3 heteroatoms. The van der Waals surface area contributed by atoms with Crippen molar-refractivity contribution in [3.63, 3.8) is 0 Å². The summed E-state index contributed by atoms with van der Waals surface area (Å²) in [6, 6.07) is 0.588. The van der Waals surface area contributed by atoms with Crippen LogP contribution in [0.1, 0.15) is 47.0 Å². The van der Waals surface area contributed by atoms with Crippen LogP contribution in [0.3, 0.4) is 0 Å². The average Bonchev–Trinajstić information content (AvgIpc) is 2.90. The molecule has 1 N–H and O–H groups in total. The Kier molecular flexibility index (Phi) is 3.24. The predicted molar refractivity (Wildman–Crippen MR) is 64.9 cm³/mol. The molecule has 1 saturated heterocycles. The molecule has 1 aliphatic carbocycles. The van der Waals surface area contributed by atoms with E-state index in [0.717, 1.165) is 12.3 Å². The largest absolute Gasteiger partial charge is 0.323 e. The summed E-state index contributed by atoms with van der Waals surface area (Å²) in [4.78, 5) is 14.4. The molecule has 2 aliphatic rings. The Bertz CT molecular complexity index is 277. The second-order valence-electron chi connectivity index (χ2n) is 5.74. The number of nitrogens with one attached hydrogen (secondary N) is 1. The standard InChI is InChI=1S/C13H24N2O/c1-5-10-7-12(10)15-9(4)14-11(13(15)16)6-8(2)3/h8-12,14H,5-7H2,1-4H3. The molecule has 1 heterocycles. The van der Waals surface area contributed by atoms with E-state index in [4.69, 9.17) is 0 Å². The van der Waals surface area contributed by atoms with E-state index in [9.17, 15) is 4.79 Å². The Hall–Kier alpha value is -0.570. The Labute approximate surface area is 98.6 Å². The minimum absolute atomic E-state index is 0.0631. The molecule has 2 rings (SSSR count). The zero-order chi connectivity index (χ0) is 11.9. The van der Waals surface area contributed by atoms with E-state index in [-0.39, 0.29) is 12.2 Å². The molecule has 4 unspecified atom stereocenters. The summed E-state index contributed by atoms with van der Waals surface area (Å²) in [5.74, 6) is 1.67. The third-order valence-corrected chi connectivity index (χ3v) is 3.89. The van der Waals surface area contributed by atoms with Crippen LogP contribution in [0.4, 0.5) is 0 Å². The lowest BCUT2D eigenvalue weighted by Gasteiger charge is -2.21. The van der Waals surface area contributed by atoms with E-state index < -0.39 is 0 Å². The van der Waals surface area contributed by atoms with Crippen molar-refractivity contribution in [2.24, 2.45) is 11.8 Å². The molecule has 1 saturated carbocycles. The van der Waals surface area contributed by atoms with E-state index in [1.807, 2.05) is 0 Å². The first-order chi connectivity index (χ1) is 7.54. The first-order valence-corrected chi connectivity index (χ1v) is 6.62. The lowest BCUT2D eigenvalue weighted by molar-refractivity contribution is -0.130. The molecule has 0 aromatic carbocycles. The predicted octanol–water partition coefficient (Wildman–Crippen LogP) is 1.98. The van der Waals surface area contributed by atoms with Gasteiger partial charge in [0.25, 0.3) is 0 Å². The van der Waals surface area contributed by atoms with Crippen LogP contribution in [0, 0.1) is 11.8 Å². The smallest absolute Gasteiger partial charge is 0.241 e. The second-order valence-corrected chi connectivity index (χ2v) is 5.74. The van der Waals surface area contributed by atoms with Crippen LogP contribution in [0.5, 0.6) is 0 Å². The molecule has 1 amide bonds. The van der Waals surface area contributed by atoms with E-state index in [1.165, 1.54) is 12.8 Å². The topological polar surface area (TPSA) is 32.3 Å². The molecule has 0 radical (unpaired) electrons. The maximum absolute atomic E-state index is 12.3. The summed E-state index contributed by atoms with van der Waals surface area (Å²) in [6.45, 7) is 8.68. The van der Waals surface area contributed by atoms with Crippen molar-refractivity contribution in [1.29, 1.82) is 0 Å². The molecule has 2 fully saturated rings. The van der Waals surface area contributed by atoms with Crippen LogP contribution in [0.25, 0.3) is 0 Å². The zero-order valence-electron chi connectivity index (χ0n) is 10.9. The fourth-order valence-corrected chi connectivity index (χ4v) is 2.92. The van der Waals surface area contributed by atoms with Crippen LogP contribution >= 0.6 is 0 Å². The molecule has 0 aromatic heterocycles. The minimum atomic E-state index is 0.0631. The van der Waals surface area contributed by atoms with E-state index >= 15 is 0 Å². The van der Waals surface area contributed by atoms with Gasteiger partial charge in [0.1, 0.15) is 0 Å². The molecule has 0 aromatic rings. The van der Waals surface area contributed by atoms with Gasteiger partial charge in [0.2, 0.25) is 5.91 Å². The van der Waals surface area contributed by atoms with E-state index in [1.54, 1.807) is 0 Å². The molecule has 16 heavy (non-hydrogen) atoms. The van der Waals surface area contributed by atoms with Crippen LogP contribution < -0.4 is 5.32 Å². The highest BCUT2D eigenvalue weighted by atomic mass is 16.2. The summed E-state index contributed by atoms with van der Waals surface area (Å²) in [5.41, 5.74) is 0. The number of hydrogen-bond acceptors (Lipinski definition) is 2. The Morgan fingerprint density at radius 2 is 2.19 bits per heavy atom. The number of amides is 1. The zero-order valence-corrected chi connectivity index (χ0v) is 10.9. The molecule has 3 nitrogen and oxygen atoms in total. The highest BCUT2D eigenvalue weighted by Gasteiger charge is 2.49. The lowest BCUT2D eigenvalue weighted by Crippen LogP contribution is -2.37. The van der Waals surface area contributed by atoms with Gasteiger partial charge in [-0.25, -0.2) is 0 Å². The maximum atomic E-state index is 12.3. The van der Waals surface area contributed by atoms with Gasteiger partial charge in [0, 0.05) is 6.04 Å².